The molecule has 1 aliphatic carbocycles. The van der Waals surface area contributed by atoms with E-state index >= 15 is 0 Å². The molecular weight excluding hydrogens is 559 g/mol. The van der Waals surface area contributed by atoms with Crippen molar-refractivity contribution in [1.82, 2.24) is 9.97 Å². The summed E-state index contributed by atoms with van der Waals surface area (Å²) in [5, 5.41) is 10.5. The van der Waals surface area contributed by atoms with Crippen molar-refractivity contribution in [2.45, 2.75) is 19.3 Å². The number of hydrogen-bond acceptors (Lipinski definition) is 5. The van der Waals surface area contributed by atoms with E-state index in [2.05, 4.69) is 44.6 Å². The molecule has 0 saturated heterocycles. The van der Waals surface area contributed by atoms with Crippen molar-refractivity contribution in [3.05, 3.63) is 81.1 Å². The molecule has 2 N–H and O–H groups in total. The topological polar surface area (TPSA) is 84.0 Å². The summed E-state index contributed by atoms with van der Waals surface area (Å²) in [6.07, 6.45) is 6.09. The number of hydrogen-bond donors (Lipinski definition) is 2. The van der Waals surface area contributed by atoms with E-state index in [-0.39, 0.29) is 23.7 Å². The van der Waals surface area contributed by atoms with Gasteiger partial charge in [-0.05, 0) is 0 Å². The van der Waals surface area contributed by atoms with Gasteiger partial charge in [-0.15, -0.1) is 0 Å². The molecule has 1 aliphatic rings. The van der Waals surface area contributed by atoms with Crippen LogP contribution < -0.4 is 10.6 Å². The van der Waals surface area contributed by atoms with Gasteiger partial charge >= 0.3 is 210 Å². The summed E-state index contributed by atoms with van der Waals surface area (Å²) < 4.78 is 2.42. The molecule has 2 aromatic heterocycles. The van der Waals surface area contributed by atoms with E-state index in [0.29, 0.717) is 10.7 Å². The number of pyridine rings is 1. The Morgan fingerprint density at radius 1 is 1.09 bits per heavy atom. The number of carbonyl (C=O) groups is 2. The Morgan fingerprint density at radius 3 is 2.76 bits per heavy atom. The zero-order valence-corrected chi connectivity index (χ0v) is 21.9. The predicted octanol–water partition coefficient (Wildman–Crippen LogP) is 6.01. The summed E-state index contributed by atoms with van der Waals surface area (Å²) in [5.74, 6) is 0.0904. The number of benzene rings is 2. The second-order valence-corrected chi connectivity index (χ2v) is 15.2. The number of rotatable bonds is 7. The number of nitrogens with one attached hydrogen (secondary N) is 2. The summed E-state index contributed by atoms with van der Waals surface area (Å²) in [5.41, 5.74) is 2.70. The Balaban J connectivity index is 1.32. The number of anilines is 2. The van der Waals surface area contributed by atoms with Gasteiger partial charge in [-0.1, -0.05) is 0 Å². The quantitative estimate of drug-likeness (QED) is 0.206. The fourth-order valence-corrected chi connectivity index (χ4v) is 7.93. The van der Waals surface area contributed by atoms with E-state index in [1.807, 2.05) is 41.9 Å². The molecule has 4 aromatic rings. The van der Waals surface area contributed by atoms with Crippen LogP contribution in [-0.4, -0.2) is 31.1 Å². The Bertz CT molecular complexity index is 1360. The molecule has 2 amide bonds. The molecule has 6 nitrogen and oxygen atoms in total. The molecule has 0 radical (unpaired) electrons. The van der Waals surface area contributed by atoms with Gasteiger partial charge in [-0.2, -0.15) is 0 Å². The van der Waals surface area contributed by atoms with E-state index in [0.717, 1.165) is 27.3 Å². The third-order valence-corrected chi connectivity index (χ3v) is 12.0. The number of nitrogens with zero attached hydrogens (tertiary/aromatic N) is 2. The van der Waals surface area contributed by atoms with Crippen LogP contribution in [0.3, 0.4) is 0 Å². The number of aromatic nitrogens is 2. The molecule has 0 bridgehead atoms. The van der Waals surface area contributed by atoms with E-state index < -0.39 is 19.8 Å². The van der Waals surface area contributed by atoms with Crippen molar-refractivity contribution >= 4 is 64.6 Å². The molecule has 0 aliphatic heterocycles. The standard InChI is InChI=1S/C26H25IN4O2S/c1-3-27(2)23-13-17(24(32)31-26-29-10-11-34-26)5-7-20(23)21-14-22(21)25(33)30-19-6-4-18-15-28-9-8-16(18)12-19/h4-13,15,21-22H,3,14H2,1-2H3,(H,30,33)(H,29,31,32)/t21-,22+/m0/s1. The first-order chi connectivity index (χ1) is 16.5. The molecule has 0 spiro atoms. The van der Waals surface area contributed by atoms with Gasteiger partial charge in [-0.3, -0.25) is 0 Å². The summed E-state index contributed by atoms with van der Waals surface area (Å²) in [6, 6.07) is 13.8. The average molecular weight is 584 g/mol. The number of halogens is 1. The second kappa shape index (κ2) is 9.79. The summed E-state index contributed by atoms with van der Waals surface area (Å²) in [4.78, 5) is 36.4. The van der Waals surface area contributed by atoms with E-state index in [1.54, 1.807) is 12.4 Å². The molecule has 34 heavy (non-hydrogen) atoms. The van der Waals surface area contributed by atoms with Crippen LogP contribution in [0.4, 0.5) is 10.8 Å². The normalized spacial score (nSPS) is 17.3. The van der Waals surface area contributed by atoms with Crippen LogP contribution in [0.15, 0.2) is 66.4 Å². The van der Waals surface area contributed by atoms with Gasteiger partial charge in [0.25, 0.3) is 0 Å². The molecule has 5 rings (SSSR count). The molecule has 2 atom stereocenters. The van der Waals surface area contributed by atoms with Gasteiger partial charge < -0.3 is 0 Å². The van der Waals surface area contributed by atoms with E-state index in [1.165, 1.54) is 20.5 Å². The molecule has 8 heteroatoms. The Labute approximate surface area is 209 Å². The van der Waals surface area contributed by atoms with Gasteiger partial charge in [0.2, 0.25) is 0 Å². The Morgan fingerprint density at radius 2 is 1.97 bits per heavy atom. The van der Waals surface area contributed by atoms with Crippen molar-refractivity contribution < 1.29 is 9.59 Å². The monoisotopic (exact) mass is 584 g/mol. The van der Waals surface area contributed by atoms with Gasteiger partial charge in [-0.25, -0.2) is 0 Å². The average Bonchev–Trinajstić information content (AvgIpc) is 3.50. The summed E-state index contributed by atoms with van der Waals surface area (Å²) in [6.45, 7) is 2.21. The van der Waals surface area contributed by atoms with Crippen molar-refractivity contribution in [3.8, 4) is 0 Å². The maximum absolute atomic E-state index is 13.0. The summed E-state index contributed by atoms with van der Waals surface area (Å²) >= 11 is -0.0142. The van der Waals surface area contributed by atoms with Crippen LogP contribution in [0.1, 0.15) is 35.2 Å². The van der Waals surface area contributed by atoms with Crippen LogP contribution >= 0.6 is 31.2 Å². The molecular formula is C26H25IN4O2S. The number of carbonyl (C=O) groups excluding carboxylic acids is 2. The van der Waals surface area contributed by atoms with Gasteiger partial charge in [0, 0.05) is 0 Å². The minimum absolute atomic E-state index is 0.0389. The number of alkyl halides is 2. The maximum atomic E-state index is 13.0. The van der Waals surface area contributed by atoms with Crippen molar-refractivity contribution in [1.29, 1.82) is 0 Å². The SMILES string of the molecule is CCI(C)c1cc(C(=O)Nc2nccs2)ccc1[C@@H]1C[C@H]1C(=O)Nc1ccc2cnccc2c1. The third kappa shape index (κ3) is 4.83. The van der Waals surface area contributed by atoms with Crippen molar-refractivity contribution in [2.75, 3.05) is 20.0 Å². The first-order valence-corrected chi connectivity index (χ1v) is 16.7. The first kappa shape index (κ1) is 22.9. The molecule has 2 heterocycles. The van der Waals surface area contributed by atoms with Crippen molar-refractivity contribution in [2.24, 2.45) is 5.92 Å². The minimum atomic E-state index is -1.42. The Kier molecular flexibility index (Phi) is 6.60. The summed E-state index contributed by atoms with van der Waals surface area (Å²) in [7, 11) is 0. The zero-order valence-electron chi connectivity index (χ0n) is 18.9. The fourth-order valence-electron chi connectivity index (χ4n) is 4.07. The zero-order chi connectivity index (χ0) is 23.7. The van der Waals surface area contributed by atoms with Gasteiger partial charge in [0.15, 0.2) is 0 Å². The molecule has 2 aromatic carbocycles. The third-order valence-electron chi connectivity index (χ3n) is 6.10. The predicted molar refractivity (Wildman–Crippen MR) is 147 cm³/mol. The van der Waals surface area contributed by atoms with Crippen LogP contribution in [-0.2, 0) is 4.79 Å². The first-order valence-electron chi connectivity index (χ1n) is 11.1. The number of amides is 2. The van der Waals surface area contributed by atoms with Gasteiger partial charge in [0.1, 0.15) is 0 Å². The number of thiazole rings is 1. The van der Waals surface area contributed by atoms with Crippen LogP contribution in [0, 0.1) is 9.49 Å². The molecule has 0 unspecified atom stereocenters. The Hall–Kier alpha value is -2.85. The van der Waals surface area contributed by atoms with E-state index in [4.69, 9.17) is 0 Å². The van der Waals surface area contributed by atoms with Crippen LogP contribution in [0.25, 0.3) is 10.8 Å². The second-order valence-electron chi connectivity index (χ2n) is 8.26. The van der Waals surface area contributed by atoms with Crippen molar-refractivity contribution in [3.63, 3.8) is 0 Å². The van der Waals surface area contributed by atoms with Gasteiger partial charge in [0.05, 0.1) is 0 Å². The van der Waals surface area contributed by atoms with E-state index in [9.17, 15) is 9.59 Å². The number of fused-ring (bicyclic) bond motifs is 1. The molecule has 174 valence electrons. The fraction of sp³-hybridized carbons (Fsp3) is 0.231. The molecule has 1 saturated carbocycles. The van der Waals surface area contributed by atoms with Crippen LogP contribution in [0.2, 0.25) is 0 Å². The molecule has 1 fully saturated rings. The van der Waals surface area contributed by atoms with Crippen LogP contribution in [0.5, 0.6) is 0 Å².